The molecule has 1 heterocycles. The van der Waals surface area contributed by atoms with Gasteiger partial charge in [0.15, 0.2) is 0 Å². The summed E-state index contributed by atoms with van der Waals surface area (Å²) >= 11 is 5.65. The van der Waals surface area contributed by atoms with Crippen molar-refractivity contribution >= 4 is 17.6 Å². The summed E-state index contributed by atoms with van der Waals surface area (Å²) in [4.78, 5) is 14.2. The van der Waals surface area contributed by atoms with Crippen molar-refractivity contribution in [2.24, 2.45) is 0 Å². The van der Waals surface area contributed by atoms with Crippen molar-refractivity contribution in [1.82, 2.24) is 4.98 Å². The van der Waals surface area contributed by atoms with Gasteiger partial charge < -0.3 is 5.11 Å². The fraction of sp³-hybridized carbons (Fsp3) is 0.200. The number of carboxylic acid groups (broad SMARTS) is 1. The molecule has 1 aromatic heterocycles. The number of hydrogen-bond acceptors (Lipinski definition) is 2. The Labute approximate surface area is 86.7 Å². The molecule has 0 aliphatic carbocycles. The van der Waals surface area contributed by atoms with Crippen LogP contribution in [0.15, 0.2) is 12.1 Å². The van der Waals surface area contributed by atoms with Crippen LogP contribution in [0.25, 0.3) is 0 Å². The molecular weight excluding hydrogens is 202 g/mol. The first kappa shape index (κ1) is 10.6. The van der Waals surface area contributed by atoms with Crippen molar-refractivity contribution in [2.45, 2.75) is 13.3 Å². The number of halogens is 1. The van der Waals surface area contributed by atoms with Crippen molar-refractivity contribution < 1.29 is 9.90 Å². The zero-order valence-electron chi connectivity index (χ0n) is 7.54. The van der Waals surface area contributed by atoms with Crippen LogP contribution in [0.2, 0.25) is 5.15 Å². The van der Waals surface area contributed by atoms with Crippen molar-refractivity contribution in [1.29, 1.82) is 0 Å². The lowest BCUT2D eigenvalue weighted by atomic mass is 10.2. The maximum atomic E-state index is 10.2. The fourth-order valence-electron chi connectivity index (χ4n) is 0.878. The Bertz CT molecular complexity index is 418. The van der Waals surface area contributed by atoms with Gasteiger partial charge in [-0.05, 0) is 19.1 Å². The van der Waals surface area contributed by atoms with Crippen molar-refractivity contribution in [2.75, 3.05) is 0 Å². The molecule has 0 aliphatic rings. The first-order valence-electron chi connectivity index (χ1n) is 3.93. The number of hydrogen-bond donors (Lipinski definition) is 1. The van der Waals surface area contributed by atoms with Crippen LogP contribution >= 0.6 is 11.6 Å². The van der Waals surface area contributed by atoms with E-state index in [2.05, 4.69) is 16.8 Å². The van der Waals surface area contributed by atoms with Gasteiger partial charge >= 0.3 is 5.97 Å². The summed E-state index contributed by atoms with van der Waals surface area (Å²) in [6.07, 6.45) is -0.165. The van der Waals surface area contributed by atoms with Crippen molar-refractivity contribution in [3.8, 4) is 11.8 Å². The normalized spacial score (nSPS) is 9.00. The van der Waals surface area contributed by atoms with Gasteiger partial charge in [-0.3, -0.25) is 4.79 Å². The average Bonchev–Trinajstić information content (AvgIpc) is 2.08. The molecule has 1 rings (SSSR count). The van der Waals surface area contributed by atoms with E-state index in [0.29, 0.717) is 16.4 Å². The number of rotatable bonds is 1. The van der Waals surface area contributed by atoms with Crippen LogP contribution in [0.5, 0.6) is 0 Å². The van der Waals surface area contributed by atoms with E-state index in [-0.39, 0.29) is 6.42 Å². The van der Waals surface area contributed by atoms with E-state index in [9.17, 15) is 4.79 Å². The third-order valence-electron chi connectivity index (χ3n) is 1.51. The number of carboxylic acids is 1. The number of aliphatic carboxylic acids is 1. The Morgan fingerprint density at radius 2 is 2.36 bits per heavy atom. The molecule has 0 aliphatic heterocycles. The molecule has 0 spiro atoms. The topological polar surface area (TPSA) is 50.2 Å². The zero-order chi connectivity index (χ0) is 10.6. The monoisotopic (exact) mass is 209 g/mol. The minimum atomic E-state index is -0.933. The molecule has 0 bridgehead atoms. The maximum absolute atomic E-state index is 10.2. The molecule has 0 radical (unpaired) electrons. The summed E-state index contributed by atoms with van der Waals surface area (Å²) in [6.45, 7) is 1.77. The molecule has 0 saturated heterocycles. The predicted octanol–water partition coefficient (Wildman–Crippen LogP) is 1.87. The molecule has 0 saturated carbocycles. The first-order valence-corrected chi connectivity index (χ1v) is 4.31. The summed E-state index contributed by atoms with van der Waals surface area (Å²) in [5, 5.41) is 8.77. The lowest BCUT2D eigenvalue weighted by Crippen LogP contribution is -1.91. The summed E-state index contributed by atoms with van der Waals surface area (Å²) in [5.74, 6) is 4.32. The molecule has 0 aromatic carbocycles. The highest BCUT2D eigenvalue weighted by Gasteiger charge is 1.96. The summed E-state index contributed by atoms with van der Waals surface area (Å²) in [6, 6.07) is 3.35. The highest BCUT2D eigenvalue weighted by Crippen LogP contribution is 2.09. The summed E-state index contributed by atoms with van der Waals surface area (Å²) < 4.78 is 0. The van der Waals surface area contributed by atoms with Gasteiger partial charge in [0.2, 0.25) is 0 Å². The molecule has 0 unspecified atom stereocenters. The number of carbonyl (C=O) groups is 1. The van der Waals surface area contributed by atoms with Gasteiger partial charge in [0.1, 0.15) is 11.6 Å². The van der Waals surface area contributed by atoms with E-state index >= 15 is 0 Å². The van der Waals surface area contributed by atoms with Crippen molar-refractivity contribution in [3.63, 3.8) is 0 Å². The fourth-order valence-corrected chi connectivity index (χ4v) is 1.07. The summed E-state index contributed by atoms with van der Waals surface area (Å²) in [5.41, 5.74) is 1.41. The predicted molar refractivity (Wildman–Crippen MR) is 53.1 cm³/mol. The molecule has 3 nitrogen and oxygen atoms in total. The minimum Gasteiger partial charge on any atom is -0.481 e. The number of aromatic nitrogens is 1. The van der Waals surface area contributed by atoms with Crippen LogP contribution in [-0.4, -0.2) is 16.1 Å². The second-order valence-electron chi connectivity index (χ2n) is 2.64. The molecule has 14 heavy (non-hydrogen) atoms. The summed E-state index contributed by atoms with van der Waals surface area (Å²) in [7, 11) is 0. The molecular formula is C10H8ClNO2. The SMILES string of the molecule is Cc1nc(Cl)ccc1C#CCC(=O)O. The van der Waals surface area contributed by atoms with Crippen molar-refractivity contribution in [3.05, 3.63) is 28.5 Å². The van der Waals surface area contributed by atoms with E-state index in [1.54, 1.807) is 19.1 Å². The van der Waals surface area contributed by atoms with Crippen LogP contribution < -0.4 is 0 Å². The largest absolute Gasteiger partial charge is 0.481 e. The van der Waals surface area contributed by atoms with Gasteiger partial charge in [0, 0.05) is 5.56 Å². The van der Waals surface area contributed by atoms with E-state index in [1.165, 1.54) is 0 Å². The van der Waals surface area contributed by atoms with Gasteiger partial charge in [-0.15, -0.1) is 0 Å². The highest BCUT2D eigenvalue weighted by atomic mass is 35.5. The zero-order valence-corrected chi connectivity index (χ0v) is 8.30. The number of nitrogens with zero attached hydrogens (tertiary/aromatic N) is 1. The van der Waals surface area contributed by atoms with Crippen LogP contribution in [0, 0.1) is 18.8 Å². The molecule has 0 fully saturated rings. The molecule has 0 amide bonds. The second kappa shape index (κ2) is 4.64. The second-order valence-corrected chi connectivity index (χ2v) is 3.03. The smallest absolute Gasteiger partial charge is 0.315 e. The molecule has 1 N–H and O–H groups in total. The van der Waals surface area contributed by atoms with E-state index in [0.717, 1.165) is 0 Å². The molecule has 1 aromatic rings. The lowest BCUT2D eigenvalue weighted by molar-refractivity contribution is -0.135. The quantitative estimate of drug-likeness (QED) is 0.568. The van der Waals surface area contributed by atoms with E-state index < -0.39 is 5.97 Å². The van der Waals surface area contributed by atoms with Gasteiger partial charge in [-0.25, -0.2) is 4.98 Å². The Hall–Kier alpha value is -1.53. The van der Waals surface area contributed by atoms with Crippen LogP contribution in [-0.2, 0) is 4.79 Å². The van der Waals surface area contributed by atoms with E-state index in [4.69, 9.17) is 16.7 Å². The number of pyridine rings is 1. The highest BCUT2D eigenvalue weighted by molar-refractivity contribution is 6.29. The van der Waals surface area contributed by atoms with Crippen LogP contribution in [0.4, 0.5) is 0 Å². The maximum Gasteiger partial charge on any atom is 0.315 e. The first-order chi connectivity index (χ1) is 6.59. The lowest BCUT2D eigenvalue weighted by Gasteiger charge is -1.96. The van der Waals surface area contributed by atoms with Gasteiger partial charge in [0.25, 0.3) is 0 Å². The third-order valence-corrected chi connectivity index (χ3v) is 1.73. The molecule has 4 heteroatoms. The Balaban J connectivity index is 2.85. The molecule has 72 valence electrons. The van der Waals surface area contributed by atoms with Crippen LogP contribution in [0.3, 0.4) is 0 Å². The van der Waals surface area contributed by atoms with Gasteiger partial charge in [0.05, 0.1) is 5.69 Å². The average molecular weight is 210 g/mol. The standard InChI is InChI=1S/C10H8ClNO2/c1-7-8(3-2-4-10(13)14)5-6-9(11)12-7/h5-6H,4H2,1H3,(H,13,14). The van der Waals surface area contributed by atoms with E-state index in [1.807, 2.05) is 0 Å². The van der Waals surface area contributed by atoms with Crippen LogP contribution in [0.1, 0.15) is 17.7 Å². The molecule has 0 atom stereocenters. The third kappa shape index (κ3) is 3.08. The Morgan fingerprint density at radius 1 is 1.64 bits per heavy atom. The Morgan fingerprint density at radius 3 is 2.93 bits per heavy atom. The Kier molecular flexibility index (Phi) is 3.49. The van der Waals surface area contributed by atoms with Gasteiger partial charge in [-0.2, -0.15) is 0 Å². The minimum absolute atomic E-state index is 0.165. The van der Waals surface area contributed by atoms with Gasteiger partial charge in [-0.1, -0.05) is 23.4 Å². The number of aryl methyl sites for hydroxylation is 1.